The van der Waals surface area contributed by atoms with E-state index in [1.165, 1.54) is 11.1 Å². The van der Waals surface area contributed by atoms with Gasteiger partial charge < -0.3 is 0 Å². The number of hydrogen-bond donors (Lipinski definition) is 1. The highest BCUT2D eigenvalue weighted by Crippen LogP contribution is 2.21. The van der Waals surface area contributed by atoms with E-state index in [1.54, 1.807) is 0 Å². The van der Waals surface area contributed by atoms with Crippen LogP contribution in [0.15, 0.2) is 18.2 Å². The number of nitriles is 1. The van der Waals surface area contributed by atoms with Crippen molar-refractivity contribution in [3.8, 4) is 17.3 Å². The zero-order chi connectivity index (χ0) is 10.8. The van der Waals surface area contributed by atoms with Crippen LogP contribution in [0, 0.1) is 25.2 Å². The molecule has 15 heavy (non-hydrogen) atoms. The van der Waals surface area contributed by atoms with Crippen LogP contribution in [0.5, 0.6) is 0 Å². The van der Waals surface area contributed by atoms with Gasteiger partial charge in [-0.2, -0.15) is 15.6 Å². The van der Waals surface area contributed by atoms with Crippen LogP contribution in [0.2, 0.25) is 0 Å². The average Bonchev–Trinajstić information content (AvgIpc) is 2.70. The van der Waals surface area contributed by atoms with E-state index in [1.807, 2.05) is 38.1 Å². The second kappa shape index (κ2) is 3.54. The molecule has 0 amide bonds. The van der Waals surface area contributed by atoms with Gasteiger partial charge in [0, 0.05) is 5.56 Å². The zero-order valence-electron chi connectivity index (χ0n) is 8.57. The van der Waals surface area contributed by atoms with Gasteiger partial charge in [0.15, 0.2) is 5.69 Å². The Morgan fingerprint density at radius 1 is 1.20 bits per heavy atom. The minimum absolute atomic E-state index is 0.332. The first-order chi connectivity index (χ1) is 7.22. The van der Waals surface area contributed by atoms with Crippen molar-refractivity contribution in [1.82, 2.24) is 15.4 Å². The molecule has 0 fully saturated rings. The zero-order valence-corrected chi connectivity index (χ0v) is 8.57. The first-order valence-corrected chi connectivity index (χ1v) is 4.61. The summed E-state index contributed by atoms with van der Waals surface area (Å²) in [6, 6.07) is 7.97. The lowest BCUT2D eigenvalue weighted by Crippen LogP contribution is -1.86. The van der Waals surface area contributed by atoms with Crippen LogP contribution in [0.3, 0.4) is 0 Å². The first kappa shape index (κ1) is 9.41. The Hall–Kier alpha value is -2.15. The third kappa shape index (κ3) is 1.59. The van der Waals surface area contributed by atoms with E-state index >= 15 is 0 Å². The Kier molecular flexibility index (Phi) is 2.22. The molecule has 0 radical (unpaired) electrons. The van der Waals surface area contributed by atoms with Crippen LogP contribution in [0.1, 0.15) is 16.8 Å². The highest BCUT2D eigenvalue weighted by atomic mass is 15.3. The molecule has 4 heteroatoms. The molecule has 0 saturated carbocycles. The monoisotopic (exact) mass is 198 g/mol. The SMILES string of the molecule is Cc1ccc(-c2n[nH]nc2C#N)cc1C. The standard InChI is InChI=1S/C11H10N4/c1-7-3-4-9(5-8(7)2)11-10(6-12)13-15-14-11/h3-5H,1-2H3,(H,13,14,15). The average molecular weight is 198 g/mol. The van der Waals surface area contributed by atoms with Crippen molar-refractivity contribution >= 4 is 0 Å². The maximum atomic E-state index is 8.82. The summed E-state index contributed by atoms with van der Waals surface area (Å²) in [6.07, 6.45) is 0. The summed E-state index contributed by atoms with van der Waals surface area (Å²) in [4.78, 5) is 0. The number of H-pyrrole nitrogens is 1. The minimum atomic E-state index is 0.332. The van der Waals surface area contributed by atoms with Gasteiger partial charge in [-0.15, -0.1) is 5.10 Å². The van der Waals surface area contributed by atoms with E-state index in [0.29, 0.717) is 11.4 Å². The summed E-state index contributed by atoms with van der Waals surface area (Å²) in [5.74, 6) is 0. The van der Waals surface area contributed by atoms with Crippen molar-refractivity contribution < 1.29 is 0 Å². The second-order valence-electron chi connectivity index (χ2n) is 3.43. The molecule has 74 valence electrons. The lowest BCUT2D eigenvalue weighted by molar-refractivity contribution is 0.937. The van der Waals surface area contributed by atoms with Gasteiger partial charge in [0.05, 0.1) is 0 Å². The Morgan fingerprint density at radius 2 is 2.00 bits per heavy atom. The van der Waals surface area contributed by atoms with Gasteiger partial charge in [-0.1, -0.05) is 12.1 Å². The number of rotatable bonds is 1. The van der Waals surface area contributed by atoms with Crippen LogP contribution in [0.4, 0.5) is 0 Å². The Labute approximate surface area is 87.6 Å². The molecule has 0 saturated heterocycles. The molecular weight excluding hydrogens is 188 g/mol. The molecule has 0 bridgehead atoms. The number of nitrogens with one attached hydrogen (secondary N) is 1. The number of nitrogens with zero attached hydrogens (tertiary/aromatic N) is 3. The third-order valence-electron chi connectivity index (χ3n) is 2.43. The van der Waals surface area contributed by atoms with Gasteiger partial charge in [-0.05, 0) is 31.0 Å². The normalized spacial score (nSPS) is 9.93. The number of aromatic amines is 1. The number of hydrogen-bond acceptors (Lipinski definition) is 3. The molecule has 1 heterocycles. The van der Waals surface area contributed by atoms with Crippen LogP contribution < -0.4 is 0 Å². The molecule has 0 aliphatic heterocycles. The van der Waals surface area contributed by atoms with Crippen LogP contribution in [0.25, 0.3) is 11.3 Å². The van der Waals surface area contributed by atoms with E-state index in [-0.39, 0.29) is 0 Å². The molecule has 0 aliphatic carbocycles. The highest BCUT2D eigenvalue weighted by Gasteiger charge is 2.09. The molecule has 0 spiro atoms. The van der Waals surface area contributed by atoms with Gasteiger partial charge >= 0.3 is 0 Å². The van der Waals surface area contributed by atoms with E-state index in [2.05, 4.69) is 15.4 Å². The number of aromatic nitrogens is 3. The van der Waals surface area contributed by atoms with E-state index in [4.69, 9.17) is 5.26 Å². The van der Waals surface area contributed by atoms with Gasteiger partial charge in [-0.25, -0.2) is 0 Å². The Balaban J connectivity index is 2.56. The fourth-order valence-corrected chi connectivity index (χ4v) is 1.40. The first-order valence-electron chi connectivity index (χ1n) is 4.61. The third-order valence-corrected chi connectivity index (χ3v) is 2.43. The molecule has 1 aromatic heterocycles. The maximum Gasteiger partial charge on any atom is 0.190 e. The fourth-order valence-electron chi connectivity index (χ4n) is 1.40. The van der Waals surface area contributed by atoms with Crippen molar-refractivity contribution in [3.63, 3.8) is 0 Å². The highest BCUT2D eigenvalue weighted by molar-refractivity contribution is 5.65. The Bertz CT molecular complexity index is 534. The molecule has 2 rings (SSSR count). The lowest BCUT2D eigenvalue weighted by atomic mass is 10.0. The largest absolute Gasteiger partial charge is 0.196 e. The molecule has 1 aromatic carbocycles. The smallest absolute Gasteiger partial charge is 0.190 e. The maximum absolute atomic E-state index is 8.82. The van der Waals surface area contributed by atoms with Gasteiger partial charge in [0.25, 0.3) is 0 Å². The molecule has 0 unspecified atom stereocenters. The molecule has 2 aromatic rings. The Morgan fingerprint density at radius 3 is 2.67 bits per heavy atom. The molecule has 0 aliphatic rings. The summed E-state index contributed by atoms with van der Waals surface area (Å²) in [5, 5.41) is 19.0. The van der Waals surface area contributed by atoms with E-state index < -0.39 is 0 Å². The van der Waals surface area contributed by atoms with Crippen molar-refractivity contribution in [1.29, 1.82) is 5.26 Å². The van der Waals surface area contributed by atoms with Gasteiger partial charge in [0.1, 0.15) is 11.8 Å². The lowest BCUT2D eigenvalue weighted by Gasteiger charge is -2.01. The van der Waals surface area contributed by atoms with Crippen molar-refractivity contribution in [2.45, 2.75) is 13.8 Å². The summed E-state index contributed by atoms with van der Waals surface area (Å²) in [7, 11) is 0. The van der Waals surface area contributed by atoms with Gasteiger partial charge in [-0.3, -0.25) is 0 Å². The van der Waals surface area contributed by atoms with Crippen molar-refractivity contribution in [2.24, 2.45) is 0 Å². The number of benzene rings is 1. The van der Waals surface area contributed by atoms with Crippen LogP contribution in [-0.2, 0) is 0 Å². The quantitative estimate of drug-likeness (QED) is 0.761. The van der Waals surface area contributed by atoms with Crippen LogP contribution in [-0.4, -0.2) is 15.4 Å². The molecule has 1 N–H and O–H groups in total. The van der Waals surface area contributed by atoms with Crippen LogP contribution >= 0.6 is 0 Å². The topological polar surface area (TPSA) is 65.4 Å². The van der Waals surface area contributed by atoms with Crippen molar-refractivity contribution in [3.05, 3.63) is 35.0 Å². The number of aryl methyl sites for hydroxylation is 2. The molecule has 4 nitrogen and oxygen atoms in total. The predicted molar refractivity (Wildman–Crippen MR) is 56.0 cm³/mol. The fraction of sp³-hybridized carbons (Fsp3) is 0.182. The minimum Gasteiger partial charge on any atom is -0.196 e. The van der Waals surface area contributed by atoms with E-state index in [9.17, 15) is 0 Å². The summed E-state index contributed by atoms with van der Waals surface area (Å²) >= 11 is 0. The summed E-state index contributed by atoms with van der Waals surface area (Å²) in [5.41, 5.74) is 4.27. The summed E-state index contributed by atoms with van der Waals surface area (Å²) in [6.45, 7) is 4.08. The molecule has 0 atom stereocenters. The van der Waals surface area contributed by atoms with Gasteiger partial charge in [0.2, 0.25) is 0 Å². The second-order valence-corrected chi connectivity index (χ2v) is 3.43. The molecular formula is C11H10N4. The van der Waals surface area contributed by atoms with Crippen molar-refractivity contribution in [2.75, 3.05) is 0 Å². The predicted octanol–water partition coefficient (Wildman–Crippen LogP) is 1.96. The van der Waals surface area contributed by atoms with E-state index in [0.717, 1.165) is 5.56 Å². The summed E-state index contributed by atoms with van der Waals surface area (Å²) < 4.78 is 0.